The summed E-state index contributed by atoms with van der Waals surface area (Å²) in [6.45, 7) is 0.399. The van der Waals surface area contributed by atoms with Gasteiger partial charge in [-0.1, -0.05) is 35.9 Å². The number of benzene rings is 3. The summed E-state index contributed by atoms with van der Waals surface area (Å²) in [5.41, 5.74) is 3.49. The zero-order valence-corrected chi connectivity index (χ0v) is 19.3. The average molecular weight is 545 g/mol. The maximum Gasteiger partial charge on any atom is 0.238 e. The third-order valence-electron chi connectivity index (χ3n) is 4.27. The molecule has 0 aliphatic carbocycles. The van der Waals surface area contributed by atoms with E-state index in [4.69, 9.17) is 20.8 Å². The Balaban J connectivity index is 1.59. The number of oxazole rings is 1. The van der Waals surface area contributed by atoms with Crippen molar-refractivity contribution in [3.63, 3.8) is 0 Å². The highest BCUT2D eigenvalue weighted by Crippen LogP contribution is 2.36. The first kappa shape index (κ1) is 20.7. The highest BCUT2D eigenvalue weighted by Gasteiger charge is 2.13. The predicted octanol–water partition coefficient (Wildman–Crippen LogP) is 7.65. The zero-order chi connectivity index (χ0) is 21.1. The maximum atomic E-state index is 9.61. The van der Waals surface area contributed by atoms with Crippen molar-refractivity contribution in [3.8, 4) is 11.8 Å². The molecule has 3 aromatic carbocycles. The summed E-state index contributed by atoms with van der Waals surface area (Å²) < 4.78 is 13.2. The Morgan fingerprint density at radius 2 is 1.80 bits per heavy atom. The summed E-state index contributed by atoms with van der Waals surface area (Å²) in [6, 6.07) is 20.8. The number of nitriles is 1. The lowest BCUT2D eigenvalue weighted by molar-refractivity contribution is 0.302. The van der Waals surface area contributed by atoms with Gasteiger partial charge in [-0.3, -0.25) is 0 Å². The molecular formula is C23H13Br2ClN2O2. The van der Waals surface area contributed by atoms with E-state index in [1.165, 1.54) is 0 Å². The molecule has 0 bridgehead atoms. The van der Waals surface area contributed by atoms with Crippen LogP contribution in [0.15, 0.2) is 74.0 Å². The Hall–Kier alpha value is -2.59. The van der Waals surface area contributed by atoms with Gasteiger partial charge in [0.25, 0.3) is 0 Å². The molecule has 0 unspecified atom stereocenters. The molecule has 4 aromatic rings. The summed E-state index contributed by atoms with van der Waals surface area (Å²) in [6.07, 6.45) is 1.73. The topological polar surface area (TPSA) is 59.0 Å². The van der Waals surface area contributed by atoms with Gasteiger partial charge in [-0.25, -0.2) is 4.98 Å². The monoisotopic (exact) mass is 542 g/mol. The number of aromatic nitrogens is 1. The van der Waals surface area contributed by atoms with Crippen molar-refractivity contribution in [1.29, 1.82) is 5.26 Å². The minimum atomic E-state index is 0.286. The highest BCUT2D eigenvalue weighted by molar-refractivity contribution is 9.11. The summed E-state index contributed by atoms with van der Waals surface area (Å²) in [5.74, 6) is 0.955. The van der Waals surface area contributed by atoms with Crippen LogP contribution in [-0.4, -0.2) is 4.98 Å². The molecule has 30 heavy (non-hydrogen) atoms. The van der Waals surface area contributed by atoms with E-state index in [2.05, 4.69) is 42.9 Å². The number of allylic oxidation sites excluding steroid dienone is 1. The van der Waals surface area contributed by atoms with Crippen molar-refractivity contribution in [3.05, 3.63) is 91.6 Å². The summed E-state index contributed by atoms with van der Waals surface area (Å²) in [7, 11) is 0. The van der Waals surface area contributed by atoms with Crippen LogP contribution in [0, 0.1) is 11.3 Å². The van der Waals surface area contributed by atoms with E-state index in [-0.39, 0.29) is 5.89 Å². The van der Waals surface area contributed by atoms with Gasteiger partial charge >= 0.3 is 0 Å². The van der Waals surface area contributed by atoms with Crippen molar-refractivity contribution in [2.45, 2.75) is 6.61 Å². The third kappa shape index (κ3) is 4.59. The normalized spacial score (nSPS) is 11.5. The standard InChI is InChI=1S/C23H13Br2ClN2O2/c24-18-10-15(9-16(12-27)23-28-20-3-1-2-4-21(20)30-23)11-19(25)22(18)29-13-14-5-7-17(26)8-6-14/h1-11H,13H2/b16-9+. The number of fused-ring (bicyclic) bond motifs is 1. The van der Waals surface area contributed by atoms with Crippen LogP contribution in [0.25, 0.3) is 22.7 Å². The molecule has 0 amide bonds. The Kier molecular flexibility index (Phi) is 6.24. The lowest BCUT2D eigenvalue weighted by Gasteiger charge is -2.11. The predicted molar refractivity (Wildman–Crippen MR) is 125 cm³/mol. The van der Waals surface area contributed by atoms with Gasteiger partial charge in [0.2, 0.25) is 5.89 Å². The van der Waals surface area contributed by atoms with E-state index in [0.29, 0.717) is 34.1 Å². The second-order valence-electron chi connectivity index (χ2n) is 6.39. The van der Waals surface area contributed by atoms with E-state index in [1.54, 1.807) is 6.08 Å². The van der Waals surface area contributed by atoms with Crippen molar-refractivity contribution < 1.29 is 9.15 Å². The van der Waals surface area contributed by atoms with Crippen LogP contribution in [0.5, 0.6) is 5.75 Å². The smallest absolute Gasteiger partial charge is 0.238 e. The number of hydrogen-bond acceptors (Lipinski definition) is 4. The zero-order valence-electron chi connectivity index (χ0n) is 15.4. The van der Waals surface area contributed by atoms with Crippen LogP contribution in [0.4, 0.5) is 0 Å². The molecule has 148 valence electrons. The van der Waals surface area contributed by atoms with Gasteiger partial charge in [0.1, 0.15) is 29.5 Å². The van der Waals surface area contributed by atoms with Gasteiger partial charge in [-0.15, -0.1) is 0 Å². The van der Waals surface area contributed by atoms with Crippen LogP contribution in [0.1, 0.15) is 17.0 Å². The first-order chi connectivity index (χ1) is 14.5. The number of halogens is 3. The first-order valence-electron chi connectivity index (χ1n) is 8.87. The SMILES string of the molecule is N#C/C(=C\c1cc(Br)c(OCc2ccc(Cl)cc2)c(Br)c1)c1nc2ccccc2o1. The molecule has 4 rings (SSSR count). The van der Waals surface area contributed by atoms with Crippen LogP contribution in [0.2, 0.25) is 5.02 Å². The van der Waals surface area contributed by atoms with E-state index in [0.717, 1.165) is 20.1 Å². The van der Waals surface area contributed by atoms with E-state index in [1.807, 2.05) is 60.7 Å². The van der Waals surface area contributed by atoms with Gasteiger partial charge in [0.15, 0.2) is 5.58 Å². The summed E-state index contributed by atoms with van der Waals surface area (Å²) >= 11 is 13.0. The molecule has 1 heterocycles. The lowest BCUT2D eigenvalue weighted by Crippen LogP contribution is -1.97. The number of hydrogen-bond donors (Lipinski definition) is 0. The fraction of sp³-hybridized carbons (Fsp3) is 0.0435. The summed E-state index contributed by atoms with van der Waals surface area (Å²) in [4.78, 5) is 4.40. The Labute approximate surface area is 195 Å². The molecule has 0 aliphatic rings. The van der Waals surface area contributed by atoms with E-state index in [9.17, 15) is 5.26 Å². The molecule has 0 N–H and O–H groups in total. The Morgan fingerprint density at radius 3 is 2.47 bits per heavy atom. The molecule has 7 heteroatoms. The minimum Gasteiger partial charge on any atom is -0.487 e. The van der Waals surface area contributed by atoms with Crippen molar-refractivity contribution >= 4 is 66.2 Å². The van der Waals surface area contributed by atoms with E-state index < -0.39 is 0 Å². The molecule has 0 fully saturated rings. The van der Waals surface area contributed by atoms with Crippen molar-refractivity contribution in [1.82, 2.24) is 4.98 Å². The molecule has 0 spiro atoms. The van der Waals surface area contributed by atoms with Gasteiger partial charge in [-0.05, 0) is 85.5 Å². The van der Waals surface area contributed by atoms with Gasteiger partial charge < -0.3 is 9.15 Å². The second-order valence-corrected chi connectivity index (χ2v) is 8.53. The highest BCUT2D eigenvalue weighted by atomic mass is 79.9. The number of para-hydroxylation sites is 2. The quantitative estimate of drug-likeness (QED) is 0.242. The average Bonchev–Trinajstić information content (AvgIpc) is 3.16. The van der Waals surface area contributed by atoms with Gasteiger partial charge in [0.05, 0.1) is 8.95 Å². The van der Waals surface area contributed by atoms with Crippen LogP contribution < -0.4 is 4.74 Å². The van der Waals surface area contributed by atoms with Crippen LogP contribution in [0.3, 0.4) is 0 Å². The number of nitrogens with zero attached hydrogens (tertiary/aromatic N) is 2. The molecule has 0 saturated heterocycles. The fourth-order valence-electron chi connectivity index (χ4n) is 2.83. The molecule has 0 atom stereocenters. The molecule has 0 aliphatic heterocycles. The number of rotatable bonds is 5. The Bertz CT molecular complexity index is 1230. The van der Waals surface area contributed by atoms with Gasteiger partial charge in [0, 0.05) is 5.02 Å². The lowest BCUT2D eigenvalue weighted by atomic mass is 10.1. The fourth-order valence-corrected chi connectivity index (χ4v) is 4.41. The maximum absolute atomic E-state index is 9.61. The van der Waals surface area contributed by atoms with Gasteiger partial charge in [-0.2, -0.15) is 5.26 Å². The first-order valence-corrected chi connectivity index (χ1v) is 10.8. The molecule has 0 radical (unpaired) electrons. The molecule has 0 saturated carbocycles. The van der Waals surface area contributed by atoms with Crippen LogP contribution >= 0.6 is 43.5 Å². The minimum absolute atomic E-state index is 0.286. The molecular weight excluding hydrogens is 532 g/mol. The second kappa shape index (κ2) is 9.05. The summed E-state index contributed by atoms with van der Waals surface area (Å²) in [5, 5.41) is 10.3. The van der Waals surface area contributed by atoms with Crippen molar-refractivity contribution in [2.24, 2.45) is 0 Å². The third-order valence-corrected chi connectivity index (χ3v) is 5.70. The number of ether oxygens (including phenoxy) is 1. The van der Waals surface area contributed by atoms with E-state index >= 15 is 0 Å². The van der Waals surface area contributed by atoms with Crippen LogP contribution in [-0.2, 0) is 6.61 Å². The molecule has 4 nitrogen and oxygen atoms in total. The Morgan fingerprint density at radius 1 is 1.10 bits per heavy atom. The molecule has 1 aromatic heterocycles. The largest absolute Gasteiger partial charge is 0.487 e. The van der Waals surface area contributed by atoms with Crippen molar-refractivity contribution in [2.75, 3.05) is 0 Å².